The molecule has 0 aliphatic rings. The van der Waals surface area contributed by atoms with E-state index in [0.717, 1.165) is 15.6 Å². The van der Waals surface area contributed by atoms with Crippen molar-refractivity contribution in [1.29, 1.82) is 0 Å². The van der Waals surface area contributed by atoms with Crippen LogP contribution in [0.25, 0.3) is 0 Å². The van der Waals surface area contributed by atoms with E-state index in [0.29, 0.717) is 5.02 Å². The summed E-state index contributed by atoms with van der Waals surface area (Å²) in [4.78, 5) is 0. The predicted molar refractivity (Wildman–Crippen MR) is 49.8 cm³/mol. The molecule has 0 fully saturated rings. The Balaban J connectivity index is 3.25. The van der Waals surface area contributed by atoms with Crippen LogP contribution in [0.1, 0.15) is 11.1 Å². The van der Waals surface area contributed by atoms with Crippen LogP contribution in [0.5, 0.6) is 0 Å². The molecule has 3 heteroatoms. The van der Waals surface area contributed by atoms with Gasteiger partial charge in [-0.25, -0.2) is 0 Å². The van der Waals surface area contributed by atoms with Crippen LogP contribution in [0.4, 0.5) is 0 Å². The molecule has 0 amide bonds. The molecular formula is C8H8BrClO. The fourth-order valence-electron chi connectivity index (χ4n) is 0.840. The second kappa shape index (κ2) is 3.57. The summed E-state index contributed by atoms with van der Waals surface area (Å²) in [5.74, 6) is 0. The summed E-state index contributed by atoms with van der Waals surface area (Å²) in [5.41, 5.74) is 1.84. The zero-order valence-corrected chi connectivity index (χ0v) is 8.41. The Morgan fingerprint density at radius 2 is 2.18 bits per heavy atom. The van der Waals surface area contributed by atoms with E-state index in [1.807, 2.05) is 6.92 Å². The number of benzene rings is 1. The van der Waals surface area contributed by atoms with Gasteiger partial charge in [0.15, 0.2) is 0 Å². The maximum absolute atomic E-state index is 8.86. The van der Waals surface area contributed by atoms with Gasteiger partial charge < -0.3 is 5.11 Å². The summed E-state index contributed by atoms with van der Waals surface area (Å²) >= 11 is 9.18. The van der Waals surface area contributed by atoms with Crippen LogP contribution in [-0.2, 0) is 6.61 Å². The second-order valence-electron chi connectivity index (χ2n) is 2.30. The molecule has 0 atom stereocenters. The number of hydrogen-bond donors (Lipinski definition) is 1. The first-order valence-electron chi connectivity index (χ1n) is 3.21. The molecule has 1 nitrogen and oxygen atoms in total. The highest BCUT2D eigenvalue weighted by Gasteiger charge is 2.04. The first-order chi connectivity index (χ1) is 5.16. The zero-order valence-electron chi connectivity index (χ0n) is 6.06. The Hall–Kier alpha value is -0.0500. The quantitative estimate of drug-likeness (QED) is 0.793. The average Bonchev–Trinajstić information content (AvgIpc) is 2.01. The van der Waals surface area contributed by atoms with Crippen LogP contribution in [0.2, 0.25) is 5.02 Å². The fraction of sp³-hybridized carbons (Fsp3) is 0.250. The van der Waals surface area contributed by atoms with Crippen molar-refractivity contribution in [2.75, 3.05) is 0 Å². The molecule has 1 aromatic rings. The molecule has 0 aromatic heterocycles. The van der Waals surface area contributed by atoms with Crippen LogP contribution < -0.4 is 0 Å². The van der Waals surface area contributed by atoms with Gasteiger partial charge >= 0.3 is 0 Å². The maximum atomic E-state index is 8.86. The van der Waals surface area contributed by atoms with Crippen molar-refractivity contribution in [3.63, 3.8) is 0 Å². The molecule has 1 aromatic carbocycles. The van der Waals surface area contributed by atoms with Crippen molar-refractivity contribution in [2.45, 2.75) is 13.5 Å². The largest absolute Gasteiger partial charge is 0.392 e. The summed E-state index contributed by atoms with van der Waals surface area (Å²) < 4.78 is 0.896. The molecular weight excluding hydrogens is 227 g/mol. The van der Waals surface area contributed by atoms with Gasteiger partial charge in [-0.1, -0.05) is 33.6 Å². The molecule has 0 heterocycles. The number of aliphatic hydroxyl groups is 1. The zero-order chi connectivity index (χ0) is 8.43. The van der Waals surface area contributed by atoms with Gasteiger partial charge in [0.1, 0.15) is 0 Å². The van der Waals surface area contributed by atoms with Gasteiger partial charge in [0.05, 0.1) is 6.61 Å². The normalized spacial score (nSPS) is 10.2. The summed E-state index contributed by atoms with van der Waals surface area (Å²) in [6.07, 6.45) is 0. The lowest BCUT2D eigenvalue weighted by Gasteiger charge is -2.05. The molecule has 0 radical (unpaired) electrons. The highest BCUT2D eigenvalue weighted by atomic mass is 79.9. The lowest BCUT2D eigenvalue weighted by Crippen LogP contribution is -1.88. The van der Waals surface area contributed by atoms with Gasteiger partial charge in [-0.3, -0.25) is 0 Å². The van der Waals surface area contributed by atoms with Crippen molar-refractivity contribution in [3.05, 3.63) is 32.8 Å². The molecule has 0 aliphatic carbocycles. The van der Waals surface area contributed by atoms with E-state index in [4.69, 9.17) is 16.7 Å². The predicted octanol–water partition coefficient (Wildman–Crippen LogP) is 2.90. The Morgan fingerprint density at radius 1 is 1.55 bits per heavy atom. The molecule has 0 aliphatic heterocycles. The monoisotopic (exact) mass is 234 g/mol. The van der Waals surface area contributed by atoms with Crippen molar-refractivity contribution in [3.8, 4) is 0 Å². The summed E-state index contributed by atoms with van der Waals surface area (Å²) in [6, 6.07) is 3.59. The number of rotatable bonds is 1. The Morgan fingerprint density at radius 3 is 2.73 bits per heavy atom. The van der Waals surface area contributed by atoms with Gasteiger partial charge in [0.25, 0.3) is 0 Å². The van der Waals surface area contributed by atoms with Crippen molar-refractivity contribution < 1.29 is 5.11 Å². The third-order valence-electron chi connectivity index (χ3n) is 1.57. The molecule has 0 spiro atoms. The van der Waals surface area contributed by atoms with Crippen LogP contribution in [0.15, 0.2) is 16.6 Å². The van der Waals surface area contributed by atoms with E-state index in [2.05, 4.69) is 15.9 Å². The highest BCUT2D eigenvalue weighted by Crippen LogP contribution is 2.27. The standard InChI is InChI=1S/C8H8BrClO/c1-5-7(10)3-2-6(4-11)8(5)9/h2-3,11H,4H2,1H3. The van der Waals surface area contributed by atoms with Gasteiger partial charge in [0.2, 0.25) is 0 Å². The minimum atomic E-state index is 0.0403. The van der Waals surface area contributed by atoms with Gasteiger partial charge in [0, 0.05) is 9.50 Å². The third-order valence-corrected chi connectivity index (χ3v) is 3.08. The average molecular weight is 236 g/mol. The Kier molecular flexibility index (Phi) is 2.93. The Bertz CT molecular complexity index is 273. The van der Waals surface area contributed by atoms with Crippen LogP contribution in [0, 0.1) is 6.92 Å². The van der Waals surface area contributed by atoms with Gasteiger partial charge in [-0.15, -0.1) is 0 Å². The first kappa shape index (κ1) is 9.04. The molecule has 60 valence electrons. The van der Waals surface area contributed by atoms with Crippen molar-refractivity contribution in [2.24, 2.45) is 0 Å². The van der Waals surface area contributed by atoms with Gasteiger partial charge in [-0.05, 0) is 24.1 Å². The fourth-order valence-corrected chi connectivity index (χ4v) is 1.58. The molecule has 0 saturated carbocycles. The van der Waals surface area contributed by atoms with Crippen LogP contribution >= 0.6 is 27.5 Å². The smallest absolute Gasteiger partial charge is 0.0692 e. The van der Waals surface area contributed by atoms with E-state index >= 15 is 0 Å². The van der Waals surface area contributed by atoms with Gasteiger partial charge in [-0.2, -0.15) is 0 Å². The molecule has 0 unspecified atom stereocenters. The summed E-state index contributed by atoms with van der Waals surface area (Å²) in [6.45, 7) is 1.95. The van der Waals surface area contributed by atoms with Crippen LogP contribution in [0.3, 0.4) is 0 Å². The minimum Gasteiger partial charge on any atom is -0.392 e. The van der Waals surface area contributed by atoms with Crippen molar-refractivity contribution >= 4 is 27.5 Å². The number of halogens is 2. The Labute approximate surface area is 79.1 Å². The minimum absolute atomic E-state index is 0.0403. The molecule has 11 heavy (non-hydrogen) atoms. The maximum Gasteiger partial charge on any atom is 0.0692 e. The number of aliphatic hydroxyl groups excluding tert-OH is 1. The van der Waals surface area contributed by atoms with Crippen molar-refractivity contribution in [1.82, 2.24) is 0 Å². The third kappa shape index (κ3) is 1.75. The van der Waals surface area contributed by atoms with Crippen LogP contribution in [-0.4, -0.2) is 5.11 Å². The summed E-state index contributed by atoms with van der Waals surface area (Å²) in [7, 11) is 0. The molecule has 0 bridgehead atoms. The number of hydrogen-bond acceptors (Lipinski definition) is 1. The van der Waals surface area contributed by atoms with E-state index in [1.165, 1.54) is 0 Å². The van der Waals surface area contributed by atoms with E-state index in [9.17, 15) is 0 Å². The summed E-state index contributed by atoms with van der Waals surface area (Å²) in [5, 5.41) is 9.58. The lowest BCUT2D eigenvalue weighted by molar-refractivity contribution is 0.281. The topological polar surface area (TPSA) is 20.2 Å². The van der Waals surface area contributed by atoms with E-state index in [-0.39, 0.29) is 6.61 Å². The lowest BCUT2D eigenvalue weighted by atomic mass is 10.1. The molecule has 1 rings (SSSR count). The molecule has 1 N–H and O–H groups in total. The first-order valence-corrected chi connectivity index (χ1v) is 4.38. The van der Waals surface area contributed by atoms with E-state index in [1.54, 1.807) is 12.1 Å². The molecule has 0 saturated heterocycles. The second-order valence-corrected chi connectivity index (χ2v) is 3.50. The highest BCUT2D eigenvalue weighted by molar-refractivity contribution is 9.10. The SMILES string of the molecule is Cc1c(Cl)ccc(CO)c1Br. The van der Waals surface area contributed by atoms with E-state index < -0.39 is 0 Å².